The zero-order chi connectivity index (χ0) is 16.2. The molecule has 1 saturated heterocycles. The molecular weight excluding hydrogens is 280 g/mol. The number of hydrogen-bond donors (Lipinski definition) is 3. The van der Waals surface area contributed by atoms with Crippen LogP contribution in [-0.4, -0.2) is 42.9 Å². The highest BCUT2D eigenvalue weighted by Gasteiger charge is 2.27. The summed E-state index contributed by atoms with van der Waals surface area (Å²) in [4.78, 5) is 11.9. The number of amides is 1. The second-order valence-electron chi connectivity index (χ2n) is 6.74. The quantitative estimate of drug-likeness (QED) is 0.715. The molecule has 0 saturated carbocycles. The number of hydrogen-bond acceptors (Lipinski definition) is 4. The van der Waals surface area contributed by atoms with Crippen molar-refractivity contribution in [3.05, 3.63) is 29.8 Å². The summed E-state index contributed by atoms with van der Waals surface area (Å²) in [6.45, 7) is 7.79. The van der Waals surface area contributed by atoms with Crippen molar-refractivity contribution in [3.8, 4) is 5.75 Å². The summed E-state index contributed by atoms with van der Waals surface area (Å²) in [5.74, 6) is 0.780. The lowest BCUT2D eigenvalue weighted by atomic mass is 9.86. The van der Waals surface area contributed by atoms with Gasteiger partial charge in [0, 0.05) is 6.54 Å². The van der Waals surface area contributed by atoms with E-state index in [0.29, 0.717) is 26.1 Å². The third kappa shape index (κ3) is 4.45. The van der Waals surface area contributed by atoms with Crippen molar-refractivity contribution in [2.75, 3.05) is 19.7 Å². The van der Waals surface area contributed by atoms with Crippen molar-refractivity contribution in [1.82, 2.24) is 10.6 Å². The lowest BCUT2D eigenvalue weighted by Crippen LogP contribution is -2.41. The average Bonchev–Trinajstić information content (AvgIpc) is 2.89. The van der Waals surface area contributed by atoms with E-state index in [2.05, 4.69) is 37.5 Å². The summed E-state index contributed by atoms with van der Waals surface area (Å²) in [6, 6.07) is 7.69. The third-order valence-corrected chi connectivity index (χ3v) is 3.78. The molecule has 22 heavy (non-hydrogen) atoms. The Hall–Kier alpha value is -1.59. The lowest BCUT2D eigenvalue weighted by molar-refractivity contribution is -0.123. The smallest absolute Gasteiger partial charge is 0.237 e. The summed E-state index contributed by atoms with van der Waals surface area (Å²) in [5, 5.41) is 15.2. The van der Waals surface area contributed by atoms with Gasteiger partial charge in [-0.05, 0) is 23.5 Å². The molecule has 2 rings (SSSR count). The highest BCUT2D eigenvalue weighted by atomic mass is 16.5. The molecule has 0 spiro atoms. The minimum Gasteiger partial charge on any atom is -0.491 e. The van der Waals surface area contributed by atoms with Gasteiger partial charge in [0.2, 0.25) is 5.91 Å². The second-order valence-corrected chi connectivity index (χ2v) is 6.74. The molecule has 0 aliphatic carbocycles. The maximum Gasteiger partial charge on any atom is 0.237 e. The first-order valence-corrected chi connectivity index (χ1v) is 7.79. The van der Waals surface area contributed by atoms with E-state index >= 15 is 0 Å². The van der Waals surface area contributed by atoms with E-state index in [0.717, 1.165) is 11.3 Å². The van der Waals surface area contributed by atoms with Crippen molar-refractivity contribution in [1.29, 1.82) is 0 Å². The molecule has 1 aliphatic rings. The fourth-order valence-corrected chi connectivity index (χ4v) is 2.59. The van der Waals surface area contributed by atoms with E-state index in [1.165, 1.54) is 0 Å². The number of nitrogens with one attached hydrogen (secondary N) is 2. The van der Waals surface area contributed by atoms with Gasteiger partial charge in [0.25, 0.3) is 0 Å². The van der Waals surface area contributed by atoms with Gasteiger partial charge in [-0.25, -0.2) is 0 Å². The predicted molar refractivity (Wildman–Crippen MR) is 86.1 cm³/mol. The van der Waals surface area contributed by atoms with Gasteiger partial charge in [-0.2, -0.15) is 0 Å². The van der Waals surface area contributed by atoms with E-state index in [9.17, 15) is 9.90 Å². The maximum atomic E-state index is 11.9. The fraction of sp³-hybridized carbons (Fsp3) is 0.588. The number of carbonyl (C=O) groups is 1. The molecule has 1 fully saturated rings. The van der Waals surface area contributed by atoms with Crippen LogP contribution in [0.15, 0.2) is 24.3 Å². The summed E-state index contributed by atoms with van der Waals surface area (Å²) in [5.41, 5.74) is 1.17. The lowest BCUT2D eigenvalue weighted by Gasteiger charge is -2.22. The Labute approximate surface area is 132 Å². The number of carbonyl (C=O) groups excluding carboxylic acids is 1. The van der Waals surface area contributed by atoms with E-state index in [1.807, 2.05) is 18.2 Å². The zero-order valence-electron chi connectivity index (χ0n) is 13.6. The molecule has 5 heteroatoms. The summed E-state index contributed by atoms with van der Waals surface area (Å²) in [7, 11) is 0. The summed E-state index contributed by atoms with van der Waals surface area (Å²) < 4.78 is 5.81. The number of ether oxygens (including phenoxy) is 1. The van der Waals surface area contributed by atoms with Crippen molar-refractivity contribution in [2.45, 2.75) is 44.8 Å². The van der Waals surface area contributed by atoms with Crippen LogP contribution >= 0.6 is 0 Å². The Morgan fingerprint density at radius 2 is 2.14 bits per heavy atom. The molecule has 3 N–H and O–H groups in total. The van der Waals surface area contributed by atoms with E-state index in [1.54, 1.807) is 0 Å². The van der Waals surface area contributed by atoms with Crippen LogP contribution in [0, 0.1) is 0 Å². The molecule has 1 aromatic carbocycles. The van der Waals surface area contributed by atoms with Crippen LogP contribution in [-0.2, 0) is 10.2 Å². The molecule has 0 bridgehead atoms. The van der Waals surface area contributed by atoms with Gasteiger partial charge in [-0.3, -0.25) is 4.79 Å². The van der Waals surface area contributed by atoms with Crippen LogP contribution in [0.5, 0.6) is 5.75 Å². The molecule has 1 amide bonds. The highest BCUT2D eigenvalue weighted by molar-refractivity contribution is 5.82. The Balaban J connectivity index is 1.79. The van der Waals surface area contributed by atoms with E-state index < -0.39 is 6.10 Å². The van der Waals surface area contributed by atoms with Crippen LogP contribution in [0.3, 0.4) is 0 Å². The molecule has 1 heterocycles. The molecule has 0 radical (unpaired) electrons. The first-order chi connectivity index (χ1) is 10.4. The van der Waals surface area contributed by atoms with Crippen molar-refractivity contribution in [2.24, 2.45) is 0 Å². The number of rotatable bonds is 5. The van der Waals surface area contributed by atoms with Crippen LogP contribution < -0.4 is 15.4 Å². The van der Waals surface area contributed by atoms with Crippen LogP contribution in [0.4, 0.5) is 0 Å². The van der Waals surface area contributed by atoms with Gasteiger partial charge in [0.1, 0.15) is 12.4 Å². The average molecular weight is 306 g/mol. The molecule has 1 aromatic rings. The zero-order valence-corrected chi connectivity index (χ0v) is 13.6. The van der Waals surface area contributed by atoms with Crippen molar-refractivity contribution >= 4 is 5.91 Å². The van der Waals surface area contributed by atoms with Crippen molar-refractivity contribution in [3.63, 3.8) is 0 Å². The number of β-amino-alcohol motifs (C(OH)–C–C–N with tert-alkyl or cyclic N) is 1. The largest absolute Gasteiger partial charge is 0.491 e. The minimum atomic E-state index is -0.425. The maximum absolute atomic E-state index is 11.9. The monoisotopic (exact) mass is 306 g/mol. The van der Waals surface area contributed by atoms with E-state index in [-0.39, 0.29) is 17.4 Å². The summed E-state index contributed by atoms with van der Waals surface area (Å²) >= 11 is 0. The molecule has 5 nitrogen and oxygen atoms in total. The Kier molecular flexibility index (Phi) is 5.42. The normalized spacial score (nSPS) is 21.6. The molecule has 122 valence electrons. The highest BCUT2D eigenvalue weighted by Crippen LogP contribution is 2.30. The van der Waals surface area contributed by atoms with Gasteiger partial charge in [0.15, 0.2) is 0 Å². The third-order valence-electron chi connectivity index (χ3n) is 3.78. The second kappa shape index (κ2) is 7.11. The topological polar surface area (TPSA) is 70.6 Å². The van der Waals surface area contributed by atoms with Crippen molar-refractivity contribution < 1.29 is 14.6 Å². The molecular formula is C17H26N2O3. The van der Waals surface area contributed by atoms with Crippen LogP contribution in [0.1, 0.15) is 32.8 Å². The first-order valence-electron chi connectivity index (χ1n) is 7.79. The Bertz CT molecular complexity index is 511. The number of aliphatic hydroxyl groups excluding tert-OH is 1. The summed E-state index contributed by atoms with van der Waals surface area (Å²) in [6.07, 6.45) is 0.0465. The predicted octanol–water partition coefficient (Wildman–Crippen LogP) is 1.20. The minimum absolute atomic E-state index is 0.0176. The van der Waals surface area contributed by atoms with Gasteiger partial charge in [-0.15, -0.1) is 0 Å². The molecule has 0 aromatic heterocycles. The fourth-order valence-electron chi connectivity index (χ4n) is 2.59. The van der Waals surface area contributed by atoms with Gasteiger partial charge < -0.3 is 20.5 Å². The Morgan fingerprint density at radius 1 is 1.41 bits per heavy atom. The number of para-hydroxylation sites is 1. The van der Waals surface area contributed by atoms with Gasteiger partial charge >= 0.3 is 0 Å². The first kappa shape index (κ1) is 16.8. The van der Waals surface area contributed by atoms with Crippen LogP contribution in [0.2, 0.25) is 0 Å². The molecule has 2 unspecified atom stereocenters. The van der Waals surface area contributed by atoms with Crippen LogP contribution in [0.25, 0.3) is 0 Å². The molecule has 1 aliphatic heterocycles. The number of benzene rings is 1. The standard InChI is InChI=1S/C17H26N2O3/c1-17(2,3)13-6-4-5-7-15(13)22-9-8-18-16(21)14-10-12(20)11-19-14/h4-7,12,14,19-20H,8-11H2,1-3H3,(H,18,21). The van der Waals surface area contributed by atoms with Gasteiger partial charge in [0.05, 0.1) is 18.7 Å². The SMILES string of the molecule is CC(C)(C)c1ccccc1OCCNC(=O)C1CC(O)CN1. The molecule has 2 atom stereocenters. The Morgan fingerprint density at radius 3 is 2.77 bits per heavy atom. The van der Waals surface area contributed by atoms with Gasteiger partial charge in [-0.1, -0.05) is 39.0 Å². The van der Waals surface area contributed by atoms with E-state index in [4.69, 9.17) is 4.74 Å². The number of aliphatic hydroxyl groups is 1.